The molecule has 0 heterocycles. The number of carbonyl (C=O) groups excluding carboxylic acids is 1. The van der Waals surface area contributed by atoms with Crippen LogP contribution in [0.3, 0.4) is 0 Å². The standard InChI is InChI=1S/C9H11N3O4/c1-2-10-9(14)11-7-4-3-6(12(15)16)5-8(7)13/h3-5,13H,2H2,1H3,(H2,10,11,14). The van der Waals surface area contributed by atoms with Crippen molar-refractivity contribution >= 4 is 17.4 Å². The summed E-state index contributed by atoms with van der Waals surface area (Å²) in [6.45, 7) is 2.19. The van der Waals surface area contributed by atoms with Crippen LogP contribution in [0, 0.1) is 10.1 Å². The quantitative estimate of drug-likeness (QED) is 0.411. The number of urea groups is 1. The third-order valence-corrected chi connectivity index (χ3v) is 1.78. The van der Waals surface area contributed by atoms with E-state index in [-0.39, 0.29) is 17.1 Å². The van der Waals surface area contributed by atoms with E-state index in [0.29, 0.717) is 6.54 Å². The van der Waals surface area contributed by atoms with Gasteiger partial charge in [-0.1, -0.05) is 0 Å². The van der Waals surface area contributed by atoms with E-state index in [1.807, 2.05) is 0 Å². The maximum atomic E-state index is 11.1. The smallest absolute Gasteiger partial charge is 0.319 e. The number of non-ortho nitro benzene ring substituents is 1. The molecule has 7 heteroatoms. The van der Waals surface area contributed by atoms with Crippen LogP contribution < -0.4 is 10.6 Å². The van der Waals surface area contributed by atoms with Crippen molar-refractivity contribution in [3.8, 4) is 5.75 Å². The predicted molar refractivity (Wildman–Crippen MR) is 57.5 cm³/mol. The fourth-order valence-corrected chi connectivity index (χ4v) is 1.07. The molecule has 0 aliphatic rings. The van der Waals surface area contributed by atoms with Crippen LogP contribution in [0.2, 0.25) is 0 Å². The van der Waals surface area contributed by atoms with E-state index in [4.69, 9.17) is 0 Å². The summed E-state index contributed by atoms with van der Waals surface area (Å²) < 4.78 is 0. The second-order valence-corrected chi connectivity index (χ2v) is 2.94. The highest BCUT2D eigenvalue weighted by Crippen LogP contribution is 2.27. The summed E-state index contributed by atoms with van der Waals surface area (Å²) in [6, 6.07) is 2.96. The third-order valence-electron chi connectivity index (χ3n) is 1.78. The highest BCUT2D eigenvalue weighted by atomic mass is 16.6. The van der Waals surface area contributed by atoms with Crippen LogP contribution in [0.1, 0.15) is 6.92 Å². The molecule has 0 aliphatic heterocycles. The van der Waals surface area contributed by atoms with Gasteiger partial charge in [-0.3, -0.25) is 10.1 Å². The van der Waals surface area contributed by atoms with Gasteiger partial charge in [-0.25, -0.2) is 4.79 Å². The van der Waals surface area contributed by atoms with Gasteiger partial charge in [0.2, 0.25) is 0 Å². The van der Waals surface area contributed by atoms with E-state index in [1.54, 1.807) is 6.92 Å². The molecule has 0 aliphatic carbocycles. The van der Waals surface area contributed by atoms with Crippen molar-refractivity contribution in [3.05, 3.63) is 28.3 Å². The first kappa shape index (κ1) is 11.8. The molecule has 0 unspecified atom stereocenters. The van der Waals surface area contributed by atoms with Gasteiger partial charge in [0.25, 0.3) is 5.69 Å². The first-order valence-corrected chi connectivity index (χ1v) is 4.57. The lowest BCUT2D eigenvalue weighted by Gasteiger charge is -2.07. The molecule has 16 heavy (non-hydrogen) atoms. The normalized spacial score (nSPS) is 9.56. The van der Waals surface area contributed by atoms with E-state index in [0.717, 1.165) is 6.07 Å². The second kappa shape index (κ2) is 4.96. The summed E-state index contributed by atoms with van der Waals surface area (Å²) in [6.07, 6.45) is 0. The summed E-state index contributed by atoms with van der Waals surface area (Å²) in [7, 11) is 0. The highest BCUT2D eigenvalue weighted by Gasteiger charge is 2.11. The fourth-order valence-electron chi connectivity index (χ4n) is 1.07. The van der Waals surface area contributed by atoms with Gasteiger partial charge in [-0.2, -0.15) is 0 Å². The van der Waals surface area contributed by atoms with Crippen molar-refractivity contribution in [2.75, 3.05) is 11.9 Å². The zero-order valence-electron chi connectivity index (χ0n) is 8.56. The molecule has 0 spiro atoms. The van der Waals surface area contributed by atoms with E-state index >= 15 is 0 Å². The number of carbonyl (C=O) groups is 1. The molecule has 7 nitrogen and oxygen atoms in total. The lowest BCUT2D eigenvalue weighted by molar-refractivity contribution is -0.384. The Kier molecular flexibility index (Phi) is 3.65. The van der Waals surface area contributed by atoms with Gasteiger partial charge in [-0.15, -0.1) is 0 Å². The molecule has 0 bridgehead atoms. The zero-order chi connectivity index (χ0) is 12.1. The minimum absolute atomic E-state index is 0.122. The van der Waals surface area contributed by atoms with E-state index in [1.165, 1.54) is 12.1 Å². The molecule has 1 aromatic carbocycles. The number of hydrogen-bond acceptors (Lipinski definition) is 4. The SMILES string of the molecule is CCNC(=O)Nc1ccc([N+](=O)[O-])cc1O. The fraction of sp³-hybridized carbons (Fsp3) is 0.222. The van der Waals surface area contributed by atoms with Gasteiger partial charge in [0.15, 0.2) is 0 Å². The second-order valence-electron chi connectivity index (χ2n) is 2.94. The lowest BCUT2D eigenvalue weighted by atomic mass is 10.2. The Morgan fingerprint density at radius 1 is 1.56 bits per heavy atom. The topological polar surface area (TPSA) is 104 Å². The Morgan fingerprint density at radius 2 is 2.25 bits per heavy atom. The maximum absolute atomic E-state index is 11.1. The lowest BCUT2D eigenvalue weighted by Crippen LogP contribution is -2.28. The van der Waals surface area contributed by atoms with Crippen molar-refractivity contribution in [2.24, 2.45) is 0 Å². The number of anilines is 1. The van der Waals surface area contributed by atoms with Crippen LogP contribution in [0.5, 0.6) is 5.75 Å². The number of aromatic hydroxyl groups is 1. The summed E-state index contributed by atoms with van der Waals surface area (Å²) in [4.78, 5) is 20.9. The molecule has 0 atom stereocenters. The summed E-state index contributed by atoms with van der Waals surface area (Å²) in [5, 5.41) is 24.6. The van der Waals surface area contributed by atoms with Crippen LogP contribution in [0.15, 0.2) is 18.2 Å². The number of nitrogens with zero attached hydrogens (tertiary/aromatic N) is 1. The Hall–Kier alpha value is -2.31. The maximum Gasteiger partial charge on any atom is 0.319 e. The van der Waals surface area contributed by atoms with Crippen molar-refractivity contribution in [1.29, 1.82) is 0 Å². The van der Waals surface area contributed by atoms with Crippen LogP contribution in [-0.4, -0.2) is 22.6 Å². The highest BCUT2D eigenvalue weighted by molar-refractivity contribution is 5.91. The number of amides is 2. The van der Waals surface area contributed by atoms with Gasteiger partial charge >= 0.3 is 6.03 Å². The number of nitrogens with one attached hydrogen (secondary N) is 2. The molecule has 2 amide bonds. The van der Waals surface area contributed by atoms with Gasteiger partial charge in [0, 0.05) is 12.6 Å². The Labute approximate surface area is 91.2 Å². The zero-order valence-corrected chi connectivity index (χ0v) is 8.56. The summed E-state index contributed by atoms with van der Waals surface area (Å²) in [5.41, 5.74) is -0.115. The first-order chi connectivity index (χ1) is 7.54. The molecule has 1 aromatic rings. The predicted octanol–water partition coefficient (Wildman–Crippen LogP) is 1.44. The average Bonchev–Trinajstić information content (AvgIpc) is 2.21. The number of nitro benzene ring substituents is 1. The van der Waals surface area contributed by atoms with Crippen LogP contribution in [0.4, 0.5) is 16.2 Å². The van der Waals surface area contributed by atoms with Crippen LogP contribution in [-0.2, 0) is 0 Å². The Morgan fingerprint density at radius 3 is 2.75 bits per heavy atom. The van der Waals surface area contributed by atoms with Gasteiger partial charge in [-0.05, 0) is 13.0 Å². The Bertz CT molecular complexity index is 419. The molecular weight excluding hydrogens is 214 g/mol. The molecule has 0 saturated carbocycles. The van der Waals surface area contributed by atoms with Crippen molar-refractivity contribution < 1.29 is 14.8 Å². The molecule has 0 saturated heterocycles. The van der Waals surface area contributed by atoms with Crippen LogP contribution >= 0.6 is 0 Å². The van der Waals surface area contributed by atoms with Gasteiger partial charge in [0.1, 0.15) is 5.75 Å². The molecule has 3 N–H and O–H groups in total. The van der Waals surface area contributed by atoms with Crippen molar-refractivity contribution in [2.45, 2.75) is 6.92 Å². The molecule has 86 valence electrons. The number of phenolic OH excluding ortho intramolecular Hbond substituents is 1. The number of hydrogen-bond donors (Lipinski definition) is 3. The average molecular weight is 225 g/mol. The van der Waals surface area contributed by atoms with E-state index < -0.39 is 11.0 Å². The third kappa shape index (κ3) is 2.84. The molecular formula is C9H11N3O4. The number of benzene rings is 1. The van der Waals surface area contributed by atoms with Crippen LogP contribution in [0.25, 0.3) is 0 Å². The minimum atomic E-state index is -0.629. The minimum Gasteiger partial charge on any atom is -0.506 e. The van der Waals surface area contributed by atoms with E-state index in [9.17, 15) is 20.0 Å². The number of rotatable bonds is 3. The van der Waals surface area contributed by atoms with Gasteiger partial charge in [0.05, 0.1) is 16.7 Å². The summed E-state index contributed by atoms with van der Waals surface area (Å²) >= 11 is 0. The molecule has 1 rings (SSSR count). The van der Waals surface area contributed by atoms with E-state index in [2.05, 4.69) is 10.6 Å². The Balaban J connectivity index is 2.83. The van der Waals surface area contributed by atoms with Crippen molar-refractivity contribution in [1.82, 2.24) is 5.32 Å². The van der Waals surface area contributed by atoms with Crippen molar-refractivity contribution in [3.63, 3.8) is 0 Å². The summed E-state index contributed by atoms with van der Waals surface area (Å²) in [5.74, 6) is -0.347. The first-order valence-electron chi connectivity index (χ1n) is 4.57. The molecule has 0 fully saturated rings. The number of nitro groups is 1. The molecule has 0 radical (unpaired) electrons. The number of phenols is 1. The largest absolute Gasteiger partial charge is 0.506 e. The molecule has 0 aromatic heterocycles. The monoisotopic (exact) mass is 225 g/mol. The van der Waals surface area contributed by atoms with Gasteiger partial charge < -0.3 is 15.7 Å².